The molecule has 3 nitrogen and oxygen atoms in total. The number of hydrogen-bond acceptors (Lipinski definition) is 3. The standard InChI is InChI=1S/C11H14ClNO2/c12-6-11-10(15-11)4-1-7-5-8(13)2-3-9(7)14/h2-3,5,10-11,14H,1,4,6,13H2. The van der Waals surface area contributed by atoms with Crippen molar-refractivity contribution in [3.8, 4) is 5.75 Å². The van der Waals surface area contributed by atoms with Crippen LogP contribution < -0.4 is 5.73 Å². The molecule has 2 unspecified atom stereocenters. The topological polar surface area (TPSA) is 58.8 Å². The largest absolute Gasteiger partial charge is 0.508 e. The number of anilines is 1. The van der Waals surface area contributed by atoms with Gasteiger partial charge in [0.15, 0.2) is 0 Å². The van der Waals surface area contributed by atoms with Crippen LogP contribution in [0.3, 0.4) is 0 Å². The van der Waals surface area contributed by atoms with Gasteiger partial charge in [0.25, 0.3) is 0 Å². The van der Waals surface area contributed by atoms with E-state index in [0.717, 1.165) is 18.4 Å². The zero-order chi connectivity index (χ0) is 10.8. The van der Waals surface area contributed by atoms with E-state index in [1.54, 1.807) is 18.2 Å². The molecule has 0 bridgehead atoms. The van der Waals surface area contributed by atoms with Gasteiger partial charge in [-0.3, -0.25) is 0 Å². The van der Waals surface area contributed by atoms with Crippen LogP contribution in [-0.2, 0) is 11.2 Å². The van der Waals surface area contributed by atoms with Gasteiger partial charge in [-0.15, -0.1) is 11.6 Å². The lowest BCUT2D eigenvalue weighted by Crippen LogP contribution is -1.98. The number of epoxide rings is 1. The van der Waals surface area contributed by atoms with Crippen molar-refractivity contribution in [1.29, 1.82) is 0 Å². The van der Waals surface area contributed by atoms with Gasteiger partial charge in [0.2, 0.25) is 0 Å². The molecular weight excluding hydrogens is 214 g/mol. The van der Waals surface area contributed by atoms with Crippen molar-refractivity contribution >= 4 is 17.3 Å². The normalized spacial score (nSPS) is 24.1. The van der Waals surface area contributed by atoms with Crippen LogP contribution in [0, 0.1) is 0 Å². The molecule has 3 N–H and O–H groups in total. The van der Waals surface area contributed by atoms with Gasteiger partial charge in [0.1, 0.15) is 5.75 Å². The average molecular weight is 228 g/mol. The number of benzene rings is 1. The third-order valence-corrected chi connectivity index (χ3v) is 2.95. The fourth-order valence-electron chi connectivity index (χ4n) is 1.67. The molecule has 82 valence electrons. The monoisotopic (exact) mass is 227 g/mol. The second-order valence-corrected chi connectivity index (χ2v) is 4.10. The highest BCUT2D eigenvalue weighted by molar-refractivity contribution is 6.18. The Bertz CT molecular complexity index is 356. The molecule has 2 rings (SSSR count). The van der Waals surface area contributed by atoms with Crippen molar-refractivity contribution in [2.45, 2.75) is 25.0 Å². The Morgan fingerprint density at radius 1 is 1.40 bits per heavy atom. The Hall–Kier alpha value is -0.930. The molecule has 1 aromatic carbocycles. The Balaban J connectivity index is 1.91. The summed E-state index contributed by atoms with van der Waals surface area (Å²) in [5.74, 6) is 0.848. The van der Waals surface area contributed by atoms with E-state index >= 15 is 0 Å². The van der Waals surface area contributed by atoms with E-state index in [4.69, 9.17) is 22.1 Å². The molecule has 0 radical (unpaired) electrons. The summed E-state index contributed by atoms with van der Waals surface area (Å²) in [5, 5.41) is 9.57. The number of alkyl halides is 1. The molecule has 1 heterocycles. The SMILES string of the molecule is Nc1ccc(O)c(CCC2OC2CCl)c1. The summed E-state index contributed by atoms with van der Waals surface area (Å²) in [6.45, 7) is 0. The van der Waals surface area contributed by atoms with Crippen LogP contribution >= 0.6 is 11.6 Å². The van der Waals surface area contributed by atoms with Crippen molar-refractivity contribution in [3.63, 3.8) is 0 Å². The molecule has 1 aliphatic heterocycles. The highest BCUT2D eigenvalue weighted by atomic mass is 35.5. The number of rotatable bonds is 4. The van der Waals surface area contributed by atoms with Gasteiger partial charge in [-0.2, -0.15) is 0 Å². The van der Waals surface area contributed by atoms with Gasteiger partial charge in [0, 0.05) is 5.69 Å². The molecule has 4 heteroatoms. The van der Waals surface area contributed by atoms with Crippen molar-refractivity contribution in [1.82, 2.24) is 0 Å². The van der Waals surface area contributed by atoms with Gasteiger partial charge >= 0.3 is 0 Å². The van der Waals surface area contributed by atoms with Crippen molar-refractivity contribution in [2.24, 2.45) is 0 Å². The van der Waals surface area contributed by atoms with Crippen LogP contribution in [0.5, 0.6) is 5.75 Å². The first kappa shape index (κ1) is 10.6. The first-order valence-corrected chi connectivity index (χ1v) is 5.53. The van der Waals surface area contributed by atoms with Crippen LogP contribution in [0.25, 0.3) is 0 Å². The molecule has 0 aliphatic carbocycles. The number of halogens is 1. The van der Waals surface area contributed by atoms with Gasteiger partial charge in [-0.25, -0.2) is 0 Å². The Morgan fingerprint density at radius 2 is 2.20 bits per heavy atom. The predicted octanol–water partition coefficient (Wildman–Crippen LogP) is 1.91. The first-order chi connectivity index (χ1) is 7.20. The molecule has 0 amide bonds. The van der Waals surface area contributed by atoms with Crippen LogP contribution in [0.2, 0.25) is 0 Å². The second-order valence-electron chi connectivity index (χ2n) is 3.79. The summed E-state index contributed by atoms with van der Waals surface area (Å²) in [6.07, 6.45) is 2.11. The maximum Gasteiger partial charge on any atom is 0.118 e. The van der Waals surface area contributed by atoms with Crippen molar-refractivity contribution < 1.29 is 9.84 Å². The molecule has 0 saturated carbocycles. The number of phenols is 1. The quantitative estimate of drug-likeness (QED) is 0.358. The predicted molar refractivity (Wildman–Crippen MR) is 60.2 cm³/mol. The van der Waals surface area contributed by atoms with E-state index in [9.17, 15) is 5.11 Å². The minimum Gasteiger partial charge on any atom is -0.508 e. The molecule has 1 saturated heterocycles. The minimum absolute atomic E-state index is 0.204. The number of aryl methyl sites for hydroxylation is 1. The fourth-order valence-corrected chi connectivity index (χ4v) is 1.94. The molecular formula is C11H14ClNO2. The van der Waals surface area contributed by atoms with Gasteiger partial charge in [-0.1, -0.05) is 0 Å². The Kier molecular flexibility index (Phi) is 3.03. The highest BCUT2D eigenvalue weighted by Gasteiger charge is 2.37. The summed E-state index contributed by atoms with van der Waals surface area (Å²) >= 11 is 5.64. The third-order valence-electron chi connectivity index (χ3n) is 2.64. The smallest absolute Gasteiger partial charge is 0.118 e. The van der Waals surface area contributed by atoms with Crippen LogP contribution in [-0.4, -0.2) is 23.2 Å². The summed E-state index contributed by atoms with van der Waals surface area (Å²) in [5.41, 5.74) is 7.19. The van der Waals surface area contributed by atoms with Gasteiger partial charge in [0.05, 0.1) is 18.1 Å². The molecule has 2 atom stereocenters. The summed E-state index contributed by atoms with van der Waals surface area (Å²) in [4.78, 5) is 0. The van der Waals surface area contributed by atoms with Crippen molar-refractivity contribution in [3.05, 3.63) is 23.8 Å². The lowest BCUT2D eigenvalue weighted by atomic mass is 10.1. The number of hydrogen-bond donors (Lipinski definition) is 2. The molecule has 1 aromatic rings. The van der Waals surface area contributed by atoms with Crippen LogP contribution in [0.15, 0.2) is 18.2 Å². The lowest BCUT2D eigenvalue weighted by molar-refractivity contribution is 0.370. The van der Waals surface area contributed by atoms with E-state index in [1.165, 1.54) is 0 Å². The summed E-state index contributed by atoms with van der Waals surface area (Å²) in [6, 6.07) is 5.11. The Morgan fingerprint density at radius 3 is 2.87 bits per heavy atom. The minimum atomic E-state index is 0.204. The maximum absolute atomic E-state index is 9.57. The zero-order valence-electron chi connectivity index (χ0n) is 8.32. The molecule has 0 spiro atoms. The first-order valence-electron chi connectivity index (χ1n) is 4.99. The van der Waals surface area contributed by atoms with E-state index in [0.29, 0.717) is 17.3 Å². The number of aromatic hydroxyl groups is 1. The number of ether oxygens (including phenoxy) is 1. The van der Waals surface area contributed by atoms with Crippen LogP contribution in [0.4, 0.5) is 5.69 Å². The average Bonchev–Trinajstić information content (AvgIpc) is 2.98. The molecule has 1 aliphatic rings. The van der Waals surface area contributed by atoms with Gasteiger partial charge < -0.3 is 15.6 Å². The van der Waals surface area contributed by atoms with E-state index in [-0.39, 0.29) is 12.2 Å². The maximum atomic E-state index is 9.57. The van der Waals surface area contributed by atoms with E-state index < -0.39 is 0 Å². The third kappa shape index (κ3) is 2.55. The number of phenolic OH excluding ortho intramolecular Hbond substituents is 1. The van der Waals surface area contributed by atoms with Crippen LogP contribution in [0.1, 0.15) is 12.0 Å². The Labute approximate surface area is 93.8 Å². The number of nitrogen functional groups attached to an aromatic ring is 1. The van der Waals surface area contributed by atoms with Gasteiger partial charge in [-0.05, 0) is 36.6 Å². The van der Waals surface area contributed by atoms with E-state index in [2.05, 4.69) is 0 Å². The summed E-state index contributed by atoms with van der Waals surface area (Å²) < 4.78 is 5.31. The molecule has 0 aromatic heterocycles. The van der Waals surface area contributed by atoms with E-state index in [1.807, 2.05) is 0 Å². The number of nitrogens with two attached hydrogens (primary N) is 1. The summed E-state index contributed by atoms with van der Waals surface area (Å²) in [7, 11) is 0. The molecule has 15 heavy (non-hydrogen) atoms. The van der Waals surface area contributed by atoms with Crippen molar-refractivity contribution in [2.75, 3.05) is 11.6 Å². The fraction of sp³-hybridized carbons (Fsp3) is 0.455. The highest BCUT2D eigenvalue weighted by Crippen LogP contribution is 2.29. The molecule has 1 fully saturated rings. The lowest BCUT2D eigenvalue weighted by Gasteiger charge is -2.04. The second kappa shape index (κ2) is 4.29. The zero-order valence-corrected chi connectivity index (χ0v) is 9.07.